The molecule has 0 bridgehead atoms. The summed E-state index contributed by atoms with van der Waals surface area (Å²) in [6, 6.07) is 5.05. The van der Waals surface area contributed by atoms with Gasteiger partial charge >= 0.3 is 5.97 Å². The molecule has 0 aliphatic heterocycles. The second-order valence-corrected chi connectivity index (χ2v) is 4.94. The van der Waals surface area contributed by atoms with E-state index in [4.69, 9.17) is 9.47 Å². The summed E-state index contributed by atoms with van der Waals surface area (Å²) in [6.07, 6.45) is -0.182. The molecule has 0 N–H and O–H groups in total. The van der Waals surface area contributed by atoms with Crippen molar-refractivity contribution in [2.24, 2.45) is 0 Å². The molecule has 0 unspecified atom stereocenters. The van der Waals surface area contributed by atoms with E-state index < -0.39 is 5.97 Å². The third-order valence-electron chi connectivity index (χ3n) is 2.03. The monoisotopic (exact) mass is 314 g/mol. The molecular formula is C13H15BrO4. The molecule has 4 nitrogen and oxygen atoms in total. The Bertz CT molecular complexity index is 454. The second kappa shape index (κ2) is 6.54. The molecular weight excluding hydrogens is 300 g/mol. The third kappa shape index (κ3) is 4.49. The lowest BCUT2D eigenvalue weighted by atomic mass is 10.1. The molecule has 1 aromatic rings. The van der Waals surface area contributed by atoms with Crippen LogP contribution in [0.2, 0.25) is 0 Å². The van der Waals surface area contributed by atoms with Crippen molar-refractivity contribution in [2.45, 2.75) is 26.9 Å². The molecule has 0 aliphatic carbocycles. The standard InChI is InChI=1S/C13H15BrO4/c1-8(2)18-13(16)7-17-12-5-4-10(14)6-11(12)9(3)15/h4-6,8H,7H2,1-3H3. The molecule has 0 heterocycles. The number of hydrogen-bond donors (Lipinski definition) is 0. The van der Waals surface area contributed by atoms with Crippen molar-refractivity contribution in [3.63, 3.8) is 0 Å². The van der Waals surface area contributed by atoms with Gasteiger partial charge in [-0.1, -0.05) is 15.9 Å². The van der Waals surface area contributed by atoms with Gasteiger partial charge in [0, 0.05) is 4.47 Å². The van der Waals surface area contributed by atoms with E-state index >= 15 is 0 Å². The van der Waals surface area contributed by atoms with Crippen LogP contribution < -0.4 is 4.74 Å². The van der Waals surface area contributed by atoms with Gasteiger partial charge in [0.25, 0.3) is 0 Å². The number of Topliss-reactive ketones (excluding diaryl/α,β-unsaturated/α-hetero) is 1. The van der Waals surface area contributed by atoms with Crippen molar-refractivity contribution < 1.29 is 19.1 Å². The minimum atomic E-state index is -0.456. The van der Waals surface area contributed by atoms with Gasteiger partial charge in [-0.3, -0.25) is 4.79 Å². The Labute approximate surface area is 114 Å². The van der Waals surface area contributed by atoms with E-state index in [1.807, 2.05) is 0 Å². The fourth-order valence-corrected chi connectivity index (χ4v) is 1.70. The number of rotatable bonds is 5. The molecule has 18 heavy (non-hydrogen) atoms. The first-order valence-corrected chi connectivity index (χ1v) is 6.32. The third-order valence-corrected chi connectivity index (χ3v) is 2.53. The Morgan fingerprint density at radius 3 is 2.56 bits per heavy atom. The molecule has 0 fully saturated rings. The van der Waals surface area contributed by atoms with E-state index in [0.717, 1.165) is 4.47 Å². The zero-order chi connectivity index (χ0) is 13.7. The summed E-state index contributed by atoms with van der Waals surface area (Å²) in [6.45, 7) is 4.76. The van der Waals surface area contributed by atoms with E-state index in [1.54, 1.807) is 32.0 Å². The molecule has 0 spiro atoms. The van der Waals surface area contributed by atoms with Gasteiger partial charge in [0.2, 0.25) is 0 Å². The van der Waals surface area contributed by atoms with E-state index in [0.29, 0.717) is 11.3 Å². The lowest BCUT2D eigenvalue weighted by molar-refractivity contribution is -0.149. The van der Waals surface area contributed by atoms with Crippen molar-refractivity contribution in [1.29, 1.82) is 0 Å². The minimum Gasteiger partial charge on any atom is -0.481 e. The fourth-order valence-electron chi connectivity index (χ4n) is 1.34. The Morgan fingerprint density at radius 1 is 1.33 bits per heavy atom. The first kappa shape index (κ1) is 14.7. The quantitative estimate of drug-likeness (QED) is 0.619. The van der Waals surface area contributed by atoms with Crippen LogP contribution in [0.3, 0.4) is 0 Å². The van der Waals surface area contributed by atoms with Crippen molar-refractivity contribution in [2.75, 3.05) is 6.61 Å². The summed E-state index contributed by atoms with van der Waals surface area (Å²) < 4.78 is 11.0. The molecule has 98 valence electrons. The topological polar surface area (TPSA) is 52.6 Å². The second-order valence-electron chi connectivity index (χ2n) is 4.02. The lowest BCUT2D eigenvalue weighted by Gasteiger charge is -2.11. The average molecular weight is 315 g/mol. The van der Waals surface area contributed by atoms with E-state index in [1.165, 1.54) is 6.92 Å². The number of benzene rings is 1. The van der Waals surface area contributed by atoms with Crippen LogP contribution in [0, 0.1) is 0 Å². The summed E-state index contributed by atoms with van der Waals surface area (Å²) in [5.41, 5.74) is 0.432. The van der Waals surface area contributed by atoms with E-state index in [2.05, 4.69) is 15.9 Å². The number of ether oxygens (including phenoxy) is 2. The van der Waals surface area contributed by atoms with Crippen LogP contribution in [-0.2, 0) is 9.53 Å². The van der Waals surface area contributed by atoms with Crippen LogP contribution in [0.15, 0.2) is 22.7 Å². The highest BCUT2D eigenvalue weighted by Gasteiger charge is 2.12. The predicted molar refractivity (Wildman–Crippen MR) is 70.9 cm³/mol. The zero-order valence-corrected chi connectivity index (χ0v) is 12.1. The van der Waals surface area contributed by atoms with Gasteiger partial charge in [0.15, 0.2) is 12.4 Å². The Hall–Kier alpha value is -1.36. The minimum absolute atomic E-state index is 0.122. The summed E-state index contributed by atoms with van der Waals surface area (Å²) in [7, 11) is 0. The van der Waals surface area contributed by atoms with Gasteiger partial charge in [-0.2, -0.15) is 0 Å². The first-order chi connectivity index (χ1) is 8.40. The maximum Gasteiger partial charge on any atom is 0.344 e. The molecule has 5 heteroatoms. The van der Waals surface area contributed by atoms with Crippen LogP contribution in [-0.4, -0.2) is 24.5 Å². The lowest BCUT2D eigenvalue weighted by Crippen LogP contribution is -2.19. The van der Waals surface area contributed by atoms with Crippen LogP contribution in [0.25, 0.3) is 0 Å². The molecule has 0 saturated heterocycles. The Balaban J connectivity index is 2.73. The van der Waals surface area contributed by atoms with Crippen molar-refractivity contribution in [3.8, 4) is 5.75 Å². The molecule has 0 radical (unpaired) electrons. The Kier molecular flexibility index (Phi) is 5.34. The number of ketones is 1. The van der Waals surface area contributed by atoms with Crippen molar-refractivity contribution in [1.82, 2.24) is 0 Å². The summed E-state index contributed by atoms with van der Waals surface area (Å²) in [5.74, 6) is -0.197. The van der Waals surface area contributed by atoms with Crippen LogP contribution in [0.4, 0.5) is 0 Å². The molecule has 0 amide bonds. The van der Waals surface area contributed by atoms with E-state index in [9.17, 15) is 9.59 Å². The summed E-state index contributed by atoms with van der Waals surface area (Å²) >= 11 is 3.28. The number of hydrogen-bond acceptors (Lipinski definition) is 4. The number of carbonyl (C=O) groups is 2. The van der Waals surface area contributed by atoms with Crippen LogP contribution >= 0.6 is 15.9 Å². The fraction of sp³-hybridized carbons (Fsp3) is 0.385. The SMILES string of the molecule is CC(=O)c1cc(Br)ccc1OCC(=O)OC(C)C. The van der Waals surface area contributed by atoms with Gasteiger partial charge < -0.3 is 9.47 Å². The normalized spacial score (nSPS) is 10.3. The summed E-state index contributed by atoms with van der Waals surface area (Å²) in [4.78, 5) is 22.8. The van der Waals surface area contributed by atoms with Crippen molar-refractivity contribution in [3.05, 3.63) is 28.2 Å². The smallest absolute Gasteiger partial charge is 0.344 e. The Morgan fingerprint density at radius 2 is 2.00 bits per heavy atom. The van der Waals surface area contributed by atoms with Crippen LogP contribution in [0.1, 0.15) is 31.1 Å². The van der Waals surface area contributed by atoms with Gasteiger partial charge in [-0.15, -0.1) is 0 Å². The van der Waals surface area contributed by atoms with Crippen LogP contribution in [0.5, 0.6) is 5.75 Å². The van der Waals surface area contributed by atoms with Crippen molar-refractivity contribution >= 4 is 27.7 Å². The maximum atomic E-state index is 11.4. The molecule has 1 aromatic carbocycles. The van der Waals surface area contributed by atoms with Gasteiger partial charge in [-0.05, 0) is 39.0 Å². The number of esters is 1. The predicted octanol–water partition coefficient (Wildman–Crippen LogP) is 2.98. The zero-order valence-electron chi connectivity index (χ0n) is 10.5. The largest absolute Gasteiger partial charge is 0.481 e. The molecule has 0 aromatic heterocycles. The molecule has 0 aliphatic rings. The highest BCUT2D eigenvalue weighted by molar-refractivity contribution is 9.10. The van der Waals surface area contributed by atoms with Gasteiger partial charge in [-0.25, -0.2) is 4.79 Å². The number of halogens is 1. The molecule has 0 atom stereocenters. The molecule has 1 rings (SSSR count). The van der Waals surface area contributed by atoms with Gasteiger partial charge in [0.05, 0.1) is 11.7 Å². The highest BCUT2D eigenvalue weighted by Crippen LogP contribution is 2.23. The highest BCUT2D eigenvalue weighted by atomic mass is 79.9. The summed E-state index contributed by atoms with van der Waals surface area (Å²) in [5, 5.41) is 0. The maximum absolute atomic E-state index is 11.4. The van der Waals surface area contributed by atoms with E-state index in [-0.39, 0.29) is 18.5 Å². The first-order valence-electron chi connectivity index (χ1n) is 5.53. The average Bonchev–Trinajstić information content (AvgIpc) is 2.26. The number of carbonyl (C=O) groups excluding carboxylic acids is 2. The van der Waals surface area contributed by atoms with Gasteiger partial charge in [0.1, 0.15) is 5.75 Å². The molecule has 0 saturated carbocycles.